The topological polar surface area (TPSA) is 56.0 Å². The fraction of sp³-hybridized carbons (Fsp3) is 0.0769. The molecule has 1 aromatic heterocycles. The van der Waals surface area contributed by atoms with Crippen LogP contribution in [0.5, 0.6) is 0 Å². The van der Waals surface area contributed by atoms with Gasteiger partial charge in [-0.25, -0.2) is 0 Å². The predicted molar refractivity (Wildman–Crippen MR) is 68.0 cm³/mol. The van der Waals surface area contributed by atoms with Crippen LogP contribution in [0.1, 0.15) is 17.2 Å². The lowest BCUT2D eigenvalue weighted by Crippen LogP contribution is -2.05. The molecule has 0 radical (unpaired) electrons. The van der Waals surface area contributed by atoms with Crippen LogP contribution in [0.25, 0.3) is 0 Å². The van der Waals surface area contributed by atoms with E-state index in [4.69, 9.17) is 17.3 Å². The van der Waals surface area contributed by atoms with Gasteiger partial charge in [0.25, 0.3) is 0 Å². The Balaban J connectivity index is 2.46. The first-order chi connectivity index (χ1) is 8.22. The highest BCUT2D eigenvalue weighted by Gasteiger charge is 2.17. The maximum absolute atomic E-state index is 11.2. The van der Waals surface area contributed by atoms with E-state index in [1.54, 1.807) is 36.5 Å². The van der Waals surface area contributed by atoms with Gasteiger partial charge in [-0.3, -0.25) is 4.98 Å². The molecule has 2 aromatic rings. The number of carbonyl (C=O) groups excluding carboxylic acids is 1. The number of nitrogens with two attached hydrogens (primary N) is 1. The van der Waals surface area contributed by atoms with Gasteiger partial charge in [0.1, 0.15) is 6.29 Å². The molecule has 3 nitrogen and oxygen atoms in total. The van der Waals surface area contributed by atoms with Crippen LogP contribution in [0, 0.1) is 0 Å². The molecule has 0 aliphatic rings. The second kappa shape index (κ2) is 4.97. The Labute approximate surface area is 104 Å². The number of anilines is 1. The van der Waals surface area contributed by atoms with Gasteiger partial charge in [-0.05, 0) is 29.8 Å². The summed E-state index contributed by atoms with van der Waals surface area (Å²) < 4.78 is 0. The number of nitrogen functional groups attached to an aromatic ring is 1. The molecule has 0 aliphatic carbocycles. The molecule has 0 spiro atoms. The van der Waals surface area contributed by atoms with Gasteiger partial charge < -0.3 is 10.5 Å². The first kappa shape index (κ1) is 11.6. The number of aromatic nitrogens is 1. The van der Waals surface area contributed by atoms with Crippen molar-refractivity contribution in [2.45, 2.75) is 5.92 Å². The second-order valence-electron chi connectivity index (χ2n) is 3.65. The minimum Gasteiger partial charge on any atom is -0.399 e. The van der Waals surface area contributed by atoms with Crippen molar-refractivity contribution in [1.29, 1.82) is 0 Å². The van der Waals surface area contributed by atoms with E-state index in [0.29, 0.717) is 16.4 Å². The van der Waals surface area contributed by atoms with Gasteiger partial charge in [0.15, 0.2) is 0 Å². The van der Waals surface area contributed by atoms with E-state index in [1.807, 2.05) is 6.07 Å². The Morgan fingerprint density at radius 3 is 2.71 bits per heavy atom. The maximum atomic E-state index is 11.2. The summed E-state index contributed by atoms with van der Waals surface area (Å²) >= 11 is 6.09. The third kappa shape index (κ3) is 2.45. The van der Waals surface area contributed by atoms with E-state index in [0.717, 1.165) is 11.8 Å². The average Bonchev–Trinajstić information content (AvgIpc) is 2.34. The SMILES string of the molecule is Nc1ccc([C@H](C=O)c2ccccn2)c(Cl)c1. The zero-order chi connectivity index (χ0) is 12.3. The number of halogens is 1. The Kier molecular flexibility index (Phi) is 3.40. The summed E-state index contributed by atoms with van der Waals surface area (Å²) in [4.78, 5) is 15.4. The van der Waals surface area contributed by atoms with Crippen LogP contribution < -0.4 is 5.73 Å². The van der Waals surface area contributed by atoms with Crippen LogP contribution in [-0.4, -0.2) is 11.3 Å². The first-order valence-electron chi connectivity index (χ1n) is 5.13. The molecule has 4 heteroatoms. The molecule has 0 saturated heterocycles. The smallest absolute Gasteiger partial charge is 0.133 e. The standard InChI is InChI=1S/C13H11ClN2O/c14-12-7-9(15)4-5-10(12)11(8-17)13-3-1-2-6-16-13/h1-8,11H,15H2/t11-/m0/s1. The van der Waals surface area contributed by atoms with Crippen molar-refractivity contribution in [3.8, 4) is 0 Å². The highest BCUT2D eigenvalue weighted by atomic mass is 35.5. The normalized spacial score (nSPS) is 12.1. The lowest BCUT2D eigenvalue weighted by molar-refractivity contribution is -0.108. The first-order valence-corrected chi connectivity index (χ1v) is 5.51. The van der Waals surface area contributed by atoms with Crippen LogP contribution in [0.2, 0.25) is 5.02 Å². The molecule has 1 aromatic carbocycles. The fourth-order valence-electron chi connectivity index (χ4n) is 1.66. The number of hydrogen-bond acceptors (Lipinski definition) is 3. The van der Waals surface area contributed by atoms with Crippen LogP contribution in [0.4, 0.5) is 5.69 Å². The number of benzene rings is 1. The number of rotatable bonds is 3. The summed E-state index contributed by atoms with van der Waals surface area (Å²) in [6.07, 6.45) is 2.48. The highest BCUT2D eigenvalue weighted by molar-refractivity contribution is 6.31. The Hall–Kier alpha value is -1.87. The summed E-state index contributed by atoms with van der Waals surface area (Å²) in [5.41, 5.74) is 7.59. The maximum Gasteiger partial charge on any atom is 0.133 e. The molecule has 0 fully saturated rings. The van der Waals surface area contributed by atoms with Gasteiger partial charge >= 0.3 is 0 Å². The highest BCUT2D eigenvalue weighted by Crippen LogP contribution is 2.29. The number of carbonyl (C=O) groups is 1. The lowest BCUT2D eigenvalue weighted by Gasteiger charge is -2.12. The molecule has 0 unspecified atom stereocenters. The molecule has 2 rings (SSSR count). The third-order valence-electron chi connectivity index (χ3n) is 2.50. The molecule has 0 bridgehead atoms. The lowest BCUT2D eigenvalue weighted by atomic mass is 9.96. The molecular formula is C13H11ClN2O. The van der Waals surface area contributed by atoms with Crippen molar-refractivity contribution in [3.63, 3.8) is 0 Å². The average molecular weight is 247 g/mol. The summed E-state index contributed by atoms with van der Waals surface area (Å²) in [6, 6.07) is 10.5. The molecule has 17 heavy (non-hydrogen) atoms. The minimum atomic E-state index is -0.454. The summed E-state index contributed by atoms with van der Waals surface area (Å²) in [5, 5.41) is 0.479. The minimum absolute atomic E-state index is 0.454. The van der Waals surface area contributed by atoms with Gasteiger partial charge in [-0.2, -0.15) is 0 Å². The van der Waals surface area contributed by atoms with Crippen molar-refractivity contribution in [2.24, 2.45) is 0 Å². The summed E-state index contributed by atoms with van der Waals surface area (Å²) in [7, 11) is 0. The number of aldehydes is 1. The zero-order valence-corrected chi connectivity index (χ0v) is 9.76. The van der Waals surface area contributed by atoms with Gasteiger partial charge in [0, 0.05) is 16.9 Å². The van der Waals surface area contributed by atoms with Gasteiger partial charge in [0.2, 0.25) is 0 Å². The van der Waals surface area contributed by atoms with Gasteiger partial charge in [-0.15, -0.1) is 0 Å². The predicted octanol–water partition coefficient (Wildman–Crippen LogP) is 2.65. The van der Waals surface area contributed by atoms with Crippen LogP contribution in [-0.2, 0) is 4.79 Å². The Morgan fingerprint density at radius 2 is 2.12 bits per heavy atom. The van der Waals surface area contributed by atoms with Gasteiger partial charge in [0.05, 0.1) is 11.6 Å². The molecule has 0 amide bonds. The monoisotopic (exact) mass is 246 g/mol. The van der Waals surface area contributed by atoms with E-state index in [2.05, 4.69) is 4.98 Å². The van der Waals surface area contributed by atoms with Crippen molar-refractivity contribution in [3.05, 3.63) is 58.9 Å². The van der Waals surface area contributed by atoms with E-state index in [-0.39, 0.29) is 0 Å². The third-order valence-corrected chi connectivity index (χ3v) is 2.83. The summed E-state index contributed by atoms with van der Waals surface area (Å²) in [6.45, 7) is 0. The van der Waals surface area contributed by atoms with Crippen molar-refractivity contribution in [2.75, 3.05) is 5.73 Å². The van der Waals surface area contributed by atoms with E-state index in [9.17, 15) is 4.79 Å². The molecule has 0 saturated carbocycles. The Morgan fingerprint density at radius 1 is 1.29 bits per heavy atom. The van der Waals surface area contributed by atoms with Crippen LogP contribution in [0.15, 0.2) is 42.6 Å². The molecular weight excluding hydrogens is 236 g/mol. The number of hydrogen-bond donors (Lipinski definition) is 1. The molecule has 2 N–H and O–H groups in total. The van der Waals surface area contributed by atoms with Crippen LogP contribution >= 0.6 is 11.6 Å². The van der Waals surface area contributed by atoms with E-state index < -0.39 is 5.92 Å². The summed E-state index contributed by atoms with van der Waals surface area (Å²) in [5.74, 6) is -0.454. The van der Waals surface area contributed by atoms with E-state index >= 15 is 0 Å². The quantitative estimate of drug-likeness (QED) is 0.669. The Bertz CT molecular complexity index is 528. The molecule has 1 heterocycles. The molecule has 1 atom stereocenters. The number of pyridine rings is 1. The zero-order valence-electron chi connectivity index (χ0n) is 9.01. The largest absolute Gasteiger partial charge is 0.399 e. The molecule has 86 valence electrons. The fourth-order valence-corrected chi connectivity index (χ4v) is 1.96. The van der Waals surface area contributed by atoms with Crippen molar-refractivity contribution >= 4 is 23.6 Å². The van der Waals surface area contributed by atoms with Gasteiger partial charge in [-0.1, -0.05) is 23.7 Å². The van der Waals surface area contributed by atoms with Crippen LogP contribution in [0.3, 0.4) is 0 Å². The van der Waals surface area contributed by atoms with E-state index in [1.165, 1.54) is 0 Å². The second-order valence-corrected chi connectivity index (χ2v) is 4.06. The van der Waals surface area contributed by atoms with Crippen molar-refractivity contribution < 1.29 is 4.79 Å². The molecule has 0 aliphatic heterocycles. The van der Waals surface area contributed by atoms with Crippen molar-refractivity contribution in [1.82, 2.24) is 4.98 Å². The number of nitrogens with zero attached hydrogens (tertiary/aromatic N) is 1.